The molecule has 1 unspecified atom stereocenters. The largest absolute Gasteiger partial charge is 0.489 e. The van der Waals surface area contributed by atoms with Crippen molar-refractivity contribution in [1.82, 2.24) is 0 Å². The van der Waals surface area contributed by atoms with E-state index in [1.165, 1.54) is 22.8 Å². The number of ether oxygens (including phenoxy) is 1. The van der Waals surface area contributed by atoms with Crippen molar-refractivity contribution >= 4 is 0 Å². The third kappa shape index (κ3) is 3.61. The predicted octanol–water partition coefficient (Wildman–Crippen LogP) is 4.35. The summed E-state index contributed by atoms with van der Waals surface area (Å²) in [5.74, 6) is 0.205. The minimum atomic E-state index is -0.320. The molecule has 0 heterocycles. The molecule has 1 atom stereocenters. The Bertz CT molecular complexity index is 627. The Labute approximate surface area is 125 Å². The summed E-state index contributed by atoms with van der Waals surface area (Å²) in [6.07, 6.45) is 0. The van der Waals surface area contributed by atoms with E-state index in [4.69, 9.17) is 10.5 Å². The average Bonchev–Trinajstić information content (AvgIpc) is 2.36. The molecular formula is C18H22FNO. The highest BCUT2D eigenvalue weighted by molar-refractivity contribution is 5.38. The van der Waals surface area contributed by atoms with Gasteiger partial charge in [0.25, 0.3) is 0 Å². The van der Waals surface area contributed by atoms with E-state index in [0.29, 0.717) is 17.9 Å². The fourth-order valence-corrected chi connectivity index (χ4v) is 2.56. The summed E-state index contributed by atoms with van der Waals surface area (Å²) in [6, 6.07) is 8.79. The zero-order valence-corrected chi connectivity index (χ0v) is 13.0. The fourth-order valence-electron chi connectivity index (χ4n) is 2.56. The molecule has 2 rings (SSSR count). The molecule has 2 aromatic rings. The summed E-state index contributed by atoms with van der Waals surface area (Å²) in [6.45, 7) is 8.41. The molecule has 2 nitrogen and oxygen atoms in total. The number of halogens is 1. The summed E-state index contributed by atoms with van der Waals surface area (Å²) < 4.78 is 19.6. The van der Waals surface area contributed by atoms with Crippen molar-refractivity contribution in [3.63, 3.8) is 0 Å². The van der Waals surface area contributed by atoms with E-state index in [1.54, 1.807) is 19.1 Å². The lowest BCUT2D eigenvalue weighted by Crippen LogP contribution is -2.08. The van der Waals surface area contributed by atoms with Crippen LogP contribution in [0, 0.1) is 26.6 Å². The van der Waals surface area contributed by atoms with Crippen LogP contribution in [0.15, 0.2) is 30.3 Å². The molecule has 0 aromatic heterocycles. The molecule has 0 aliphatic rings. The molecule has 0 radical (unpaired) electrons. The van der Waals surface area contributed by atoms with E-state index in [-0.39, 0.29) is 11.9 Å². The van der Waals surface area contributed by atoms with Crippen LogP contribution in [-0.2, 0) is 6.61 Å². The highest BCUT2D eigenvalue weighted by Gasteiger charge is 2.09. The van der Waals surface area contributed by atoms with E-state index in [9.17, 15) is 4.39 Å². The van der Waals surface area contributed by atoms with Gasteiger partial charge in [0.1, 0.15) is 18.2 Å². The lowest BCUT2D eigenvalue weighted by molar-refractivity contribution is 0.302. The monoisotopic (exact) mass is 287 g/mol. The highest BCUT2D eigenvalue weighted by atomic mass is 19.1. The minimum Gasteiger partial charge on any atom is -0.489 e. The van der Waals surface area contributed by atoms with Gasteiger partial charge in [-0.2, -0.15) is 0 Å². The van der Waals surface area contributed by atoms with Crippen LogP contribution in [0.3, 0.4) is 0 Å². The van der Waals surface area contributed by atoms with Gasteiger partial charge in [-0.05, 0) is 50.5 Å². The summed E-state index contributed by atoms with van der Waals surface area (Å²) in [4.78, 5) is 0. The SMILES string of the molecule is Cc1cc(C)c(COc2ccc(C(C)N)c(F)c2)c(C)c1. The summed E-state index contributed by atoms with van der Waals surface area (Å²) in [5.41, 5.74) is 11.0. The molecule has 0 saturated carbocycles. The molecule has 0 saturated heterocycles. The Morgan fingerprint density at radius 1 is 1.10 bits per heavy atom. The van der Waals surface area contributed by atoms with Crippen LogP contribution >= 0.6 is 0 Å². The second kappa shape index (κ2) is 6.27. The fraction of sp³-hybridized carbons (Fsp3) is 0.333. The van der Waals surface area contributed by atoms with Gasteiger partial charge in [0, 0.05) is 17.7 Å². The first kappa shape index (κ1) is 15.5. The van der Waals surface area contributed by atoms with Gasteiger partial charge in [-0.3, -0.25) is 0 Å². The van der Waals surface area contributed by atoms with E-state index >= 15 is 0 Å². The first-order valence-electron chi connectivity index (χ1n) is 7.13. The van der Waals surface area contributed by atoms with Gasteiger partial charge >= 0.3 is 0 Å². The zero-order chi connectivity index (χ0) is 15.6. The quantitative estimate of drug-likeness (QED) is 0.907. The lowest BCUT2D eigenvalue weighted by Gasteiger charge is -2.14. The van der Waals surface area contributed by atoms with Crippen molar-refractivity contribution in [3.8, 4) is 5.75 Å². The molecule has 21 heavy (non-hydrogen) atoms. The molecule has 2 aromatic carbocycles. The molecule has 0 aliphatic carbocycles. The second-order valence-corrected chi connectivity index (χ2v) is 5.64. The molecule has 0 bridgehead atoms. The Morgan fingerprint density at radius 2 is 1.71 bits per heavy atom. The van der Waals surface area contributed by atoms with Gasteiger partial charge in [-0.15, -0.1) is 0 Å². The molecule has 0 fully saturated rings. The summed E-state index contributed by atoms with van der Waals surface area (Å²) >= 11 is 0. The van der Waals surface area contributed by atoms with Crippen molar-refractivity contribution in [2.75, 3.05) is 0 Å². The smallest absolute Gasteiger partial charge is 0.131 e. The number of aryl methyl sites for hydroxylation is 3. The normalized spacial score (nSPS) is 12.3. The second-order valence-electron chi connectivity index (χ2n) is 5.64. The van der Waals surface area contributed by atoms with E-state index < -0.39 is 0 Å². The van der Waals surface area contributed by atoms with Gasteiger partial charge in [0.15, 0.2) is 0 Å². The first-order chi connectivity index (χ1) is 9.88. The van der Waals surface area contributed by atoms with Gasteiger partial charge < -0.3 is 10.5 Å². The highest BCUT2D eigenvalue weighted by Crippen LogP contribution is 2.23. The number of rotatable bonds is 4. The average molecular weight is 287 g/mol. The topological polar surface area (TPSA) is 35.2 Å². The number of hydrogen-bond acceptors (Lipinski definition) is 2. The van der Waals surface area contributed by atoms with E-state index in [1.807, 2.05) is 0 Å². The molecule has 2 N–H and O–H groups in total. The van der Waals surface area contributed by atoms with Gasteiger partial charge in [-0.1, -0.05) is 23.8 Å². The zero-order valence-electron chi connectivity index (χ0n) is 13.0. The molecule has 3 heteroatoms. The Balaban J connectivity index is 2.16. The molecule has 0 aliphatic heterocycles. The van der Waals surface area contributed by atoms with Crippen molar-refractivity contribution < 1.29 is 9.13 Å². The Kier molecular flexibility index (Phi) is 4.63. The number of hydrogen-bond donors (Lipinski definition) is 1. The Hall–Kier alpha value is -1.87. The standard InChI is InChI=1S/C18H22FNO/c1-11-7-12(2)17(13(3)8-11)10-21-15-5-6-16(14(4)20)18(19)9-15/h5-9,14H,10,20H2,1-4H3. The third-order valence-corrected chi connectivity index (χ3v) is 3.69. The maximum Gasteiger partial charge on any atom is 0.131 e. The summed E-state index contributed by atoms with van der Waals surface area (Å²) in [5, 5.41) is 0. The lowest BCUT2D eigenvalue weighted by atomic mass is 10.0. The Morgan fingerprint density at radius 3 is 2.24 bits per heavy atom. The van der Waals surface area contributed by atoms with Crippen molar-refractivity contribution in [1.29, 1.82) is 0 Å². The van der Waals surface area contributed by atoms with E-state index in [0.717, 1.165) is 5.56 Å². The van der Waals surface area contributed by atoms with Crippen LogP contribution in [0.4, 0.5) is 4.39 Å². The maximum atomic E-state index is 13.9. The van der Waals surface area contributed by atoms with Crippen LogP contribution in [0.1, 0.15) is 40.8 Å². The first-order valence-corrected chi connectivity index (χ1v) is 7.13. The minimum absolute atomic E-state index is 0.319. The number of benzene rings is 2. The van der Waals surface area contributed by atoms with Gasteiger partial charge in [0.05, 0.1) is 0 Å². The van der Waals surface area contributed by atoms with Crippen LogP contribution in [0.2, 0.25) is 0 Å². The van der Waals surface area contributed by atoms with Crippen LogP contribution in [-0.4, -0.2) is 0 Å². The molecule has 0 spiro atoms. The van der Waals surface area contributed by atoms with Crippen molar-refractivity contribution in [2.24, 2.45) is 5.73 Å². The van der Waals surface area contributed by atoms with Gasteiger partial charge in [0.2, 0.25) is 0 Å². The van der Waals surface area contributed by atoms with Crippen molar-refractivity contribution in [2.45, 2.75) is 40.3 Å². The molecule has 0 amide bonds. The van der Waals surface area contributed by atoms with E-state index in [2.05, 4.69) is 32.9 Å². The maximum absolute atomic E-state index is 13.9. The van der Waals surface area contributed by atoms with Crippen LogP contribution < -0.4 is 10.5 Å². The predicted molar refractivity (Wildman–Crippen MR) is 84.0 cm³/mol. The molecule has 112 valence electrons. The van der Waals surface area contributed by atoms with Crippen LogP contribution in [0.5, 0.6) is 5.75 Å². The number of nitrogens with two attached hydrogens (primary N) is 1. The summed E-state index contributed by atoms with van der Waals surface area (Å²) in [7, 11) is 0. The third-order valence-electron chi connectivity index (χ3n) is 3.69. The molecular weight excluding hydrogens is 265 g/mol. The van der Waals surface area contributed by atoms with Crippen LogP contribution in [0.25, 0.3) is 0 Å². The van der Waals surface area contributed by atoms with Crippen molar-refractivity contribution in [3.05, 3.63) is 64.0 Å². The van der Waals surface area contributed by atoms with Gasteiger partial charge in [-0.25, -0.2) is 4.39 Å².